The molecule has 0 saturated carbocycles. The van der Waals surface area contributed by atoms with Gasteiger partial charge in [0.15, 0.2) is 17.3 Å². The molecule has 8 nitrogen and oxygen atoms in total. The summed E-state index contributed by atoms with van der Waals surface area (Å²) >= 11 is 0. The average molecular weight is 407 g/mol. The first-order valence-electron chi connectivity index (χ1n) is 9.29. The lowest BCUT2D eigenvalue weighted by Gasteiger charge is -2.12. The van der Waals surface area contributed by atoms with E-state index < -0.39 is 5.97 Å². The van der Waals surface area contributed by atoms with Crippen molar-refractivity contribution in [3.8, 4) is 17.6 Å². The molecule has 0 saturated heterocycles. The lowest BCUT2D eigenvalue weighted by atomic mass is 10.1. The Morgan fingerprint density at radius 1 is 1.13 bits per heavy atom. The summed E-state index contributed by atoms with van der Waals surface area (Å²) in [5.74, 6) is 1.00. The second kappa shape index (κ2) is 9.56. The molecule has 0 spiro atoms. The molecule has 3 rings (SSSR count). The van der Waals surface area contributed by atoms with E-state index in [-0.39, 0.29) is 31.0 Å². The van der Waals surface area contributed by atoms with Crippen LogP contribution in [0.4, 0.5) is 0 Å². The molecule has 8 heteroatoms. The van der Waals surface area contributed by atoms with E-state index in [0.717, 1.165) is 5.56 Å². The van der Waals surface area contributed by atoms with Crippen LogP contribution in [-0.2, 0) is 29.1 Å². The summed E-state index contributed by atoms with van der Waals surface area (Å²) in [5.41, 5.74) is 1.06. The monoisotopic (exact) mass is 407 g/mol. The van der Waals surface area contributed by atoms with Crippen LogP contribution in [0.15, 0.2) is 47.3 Å². The van der Waals surface area contributed by atoms with E-state index in [1.807, 2.05) is 18.2 Å². The lowest BCUT2D eigenvalue weighted by molar-refractivity contribution is -0.145. The molecule has 2 aromatic carbocycles. The van der Waals surface area contributed by atoms with Gasteiger partial charge >= 0.3 is 5.97 Å². The van der Waals surface area contributed by atoms with Crippen molar-refractivity contribution >= 4 is 16.9 Å². The number of carbonyl (C=O) groups excluding carboxylic acids is 1. The third kappa shape index (κ3) is 4.58. The van der Waals surface area contributed by atoms with Gasteiger partial charge in [-0.05, 0) is 36.2 Å². The predicted octanol–water partition coefficient (Wildman–Crippen LogP) is 2.61. The minimum Gasteiger partial charge on any atom is -0.493 e. The molecule has 0 fully saturated rings. The van der Waals surface area contributed by atoms with Gasteiger partial charge in [-0.15, -0.1) is 0 Å². The minimum atomic E-state index is -0.435. The SMILES string of the molecule is COc1ccc(CCC(=O)OCc2nc3ccccc3c(=O)n2CC#N)cc1OC. The summed E-state index contributed by atoms with van der Waals surface area (Å²) in [7, 11) is 3.11. The average Bonchev–Trinajstić information content (AvgIpc) is 2.78. The fourth-order valence-corrected chi connectivity index (χ4v) is 3.06. The molecular formula is C22H21N3O5. The number of ether oxygens (including phenoxy) is 3. The van der Waals surface area contributed by atoms with Crippen LogP contribution in [0.5, 0.6) is 11.5 Å². The molecule has 0 aliphatic heterocycles. The zero-order valence-electron chi connectivity index (χ0n) is 16.8. The number of rotatable bonds is 8. The molecule has 3 aromatic rings. The molecule has 1 heterocycles. The van der Waals surface area contributed by atoms with Crippen LogP contribution in [0, 0.1) is 11.3 Å². The highest BCUT2D eigenvalue weighted by atomic mass is 16.5. The van der Waals surface area contributed by atoms with E-state index in [2.05, 4.69) is 4.98 Å². The Kier molecular flexibility index (Phi) is 6.65. The first-order valence-corrected chi connectivity index (χ1v) is 9.29. The molecular weight excluding hydrogens is 386 g/mol. The summed E-state index contributed by atoms with van der Waals surface area (Å²) in [6, 6.07) is 14.2. The first-order chi connectivity index (χ1) is 14.6. The van der Waals surface area contributed by atoms with Crippen LogP contribution in [0.2, 0.25) is 0 Å². The largest absolute Gasteiger partial charge is 0.493 e. The van der Waals surface area contributed by atoms with Gasteiger partial charge < -0.3 is 14.2 Å². The standard InChI is InChI=1S/C22H21N3O5/c1-28-18-9-7-15(13-19(18)29-2)8-10-21(26)30-14-20-24-17-6-4-3-5-16(17)22(27)25(20)12-11-23/h3-7,9,13H,8,10,12,14H2,1-2H3. The van der Waals surface area contributed by atoms with Gasteiger partial charge in [0.25, 0.3) is 5.56 Å². The Bertz CT molecular complexity index is 1160. The molecule has 1 aromatic heterocycles. The van der Waals surface area contributed by atoms with E-state index in [0.29, 0.717) is 28.8 Å². The van der Waals surface area contributed by atoms with Crippen LogP contribution < -0.4 is 15.0 Å². The molecule has 154 valence electrons. The number of esters is 1. The van der Waals surface area contributed by atoms with Crippen molar-refractivity contribution in [1.82, 2.24) is 9.55 Å². The Balaban J connectivity index is 1.69. The molecule has 0 aliphatic rings. The van der Waals surface area contributed by atoms with Crippen molar-refractivity contribution in [2.24, 2.45) is 0 Å². The zero-order chi connectivity index (χ0) is 21.5. The summed E-state index contributed by atoms with van der Waals surface area (Å²) in [6.07, 6.45) is 0.598. The van der Waals surface area contributed by atoms with Crippen molar-refractivity contribution in [3.05, 3.63) is 64.2 Å². The summed E-state index contributed by atoms with van der Waals surface area (Å²) in [5, 5.41) is 9.46. The van der Waals surface area contributed by atoms with Gasteiger partial charge in [0, 0.05) is 6.42 Å². The van der Waals surface area contributed by atoms with E-state index in [4.69, 9.17) is 19.5 Å². The molecule has 0 unspecified atom stereocenters. The quantitative estimate of drug-likeness (QED) is 0.529. The number of hydrogen-bond acceptors (Lipinski definition) is 7. The van der Waals surface area contributed by atoms with Crippen LogP contribution in [-0.4, -0.2) is 29.7 Å². The smallest absolute Gasteiger partial charge is 0.306 e. The van der Waals surface area contributed by atoms with Gasteiger partial charge in [0.1, 0.15) is 13.2 Å². The zero-order valence-corrected chi connectivity index (χ0v) is 16.8. The number of benzene rings is 2. The van der Waals surface area contributed by atoms with Crippen LogP contribution in [0.1, 0.15) is 17.8 Å². The van der Waals surface area contributed by atoms with Crippen LogP contribution in [0.3, 0.4) is 0 Å². The summed E-state index contributed by atoms with van der Waals surface area (Å²) in [6.45, 7) is -0.359. The van der Waals surface area contributed by atoms with Crippen molar-refractivity contribution < 1.29 is 19.0 Å². The highest BCUT2D eigenvalue weighted by Crippen LogP contribution is 2.28. The number of nitrogens with zero attached hydrogens (tertiary/aromatic N) is 3. The topological polar surface area (TPSA) is 103 Å². The maximum absolute atomic E-state index is 12.6. The fourth-order valence-electron chi connectivity index (χ4n) is 3.06. The van der Waals surface area contributed by atoms with Crippen molar-refractivity contribution in [3.63, 3.8) is 0 Å². The Hall–Kier alpha value is -3.86. The highest BCUT2D eigenvalue weighted by molar-refractivity contribution is 5.77. The number of nitriles is 1. The number of carbonyl (C=O) groups is 1. The maximum atomic E-state index is 12.6. The fraction of sp³-hybridized carbons (Fsp3) is 0.273. The normalized spacial score (nSPS) is 10.4. The number of para-hydroxylation sites is 1. The second-order valence-corrected chi connectivity index (χ2v) is 6.44. The Morgan fingerprint density at radius 3 is 2.63 bits per heavy atom. The van der Waals surface area contributed by atoms with Gasteiger partial charge in [-0.25, -0.2) is 4.98 Å². The van der Waals surface area contributed by atoms with Gasteiger partial charge in [0.2, 0.25) is 0 Å². The third-order valence-corrected chi connectivity index (χ3v) is 4.60. The van der Waals surface area contributed by atoms with Crippen LogP contribution >= 0.6 is 0 Å². The lowest BCUT2D eigenvalue weighted by Crippen LogP contribution is -2.26. The minimum absolute atomic E-state index is 0.144. The molecule has 0 aliphatic carbocycles. The van der Waals surface area contributed by atoms with Crippen molar-refractivity contribution in [1.29, 1.82) is 5.26 Å². The molecule has 30 heavy (non-hydrogen) atoms. The molecule has 0 atom stereocenters. The van der Waals surface area contributed by atoms with E-state index >= 15 is 0 Å². The van der Waals surface area contributed by atoms with Crippen molar-refractivity contribution in [2.75, 3.05) is 14.2 Å². The molecule has 0 bridgehead atoms. The first kappa shape index (κ1) is 20.9. The Morgan fingerprint density at radius 2 is 1.90 bits per heavy atom. The highest BCUT2D eigenvalue weighted by Gasteiger charge is 2.13. The summed E-state index contributed by atoms with van der Waals surface area (Å²) < 4.78 is 17.0. The van der Waals surface area contributed by atoms with Gasteiger partial charge in [-0.1, -0.05) is 18.2 Å². The molecule has 0 N–H and O–H groups in total. The van der Waals surface area contributed by atoms with E-state index in [9.17, 15) is 9.59 Å². The third-order valence-electron chi connectivity index (χ3n) is 4.60. The second-order valence-electron chi connectivity index (χ2n) is 6.44. The number of aryl methyl sites for hydroxylation is 1. The van der Waals surface area contributed by atoms with Gasteiger partial charge in [-0.3, -0.25) is 14.2 Å². The van der Waals surface area contributed by atoms with Crippen LogP contribution in [0.25, 0.3) is 10.9 Å². The predicted molar refractivity (Wildman–Crippen MR) is 109 cm³/mol. The van der Waals surface area contributed by atoms with E-state index in [1.54, 1.807) is 44.6 Å². The Labute approximate surface area is 173 Å². The van der Waals surface area contributed by atoms with Crippen molar-refractivity contribution in [2.45, 2.75) is 26.0 Å². The van der Waals surface area contributed by atoms with Gasteiger partial charge in [-0.2, -0.15) is 5.26 Å². The number of methoxy groups -OCH3 is 2. The molecule has 0 amide bonds. The number of aromatic nitrogens is 2. The molecule has 0 radical (unpaired) electrons. The van der Waals surface area contributed by atoms with E-state index in [1.165, 1.54) is 4.57 Å². The summed E-state index contributed by atoms with van der Waals surface area (Å²) in [4.78, 5) is 29.2. The number of fused-ring (bicyclic) bond motifs is 1. The maximum Gasteiger partial charge on any atom is 0.306 e. The van der Waals surface area contributed by atoms with Gasteiger partial charge in [0.05, 0.1) is 31.2 Å². The number of hydrogen-bond donors (Lipinski definition) is 0.